The van der Waals surface area contributed by atoms with Gasteiger partial charge < -0.3 is 15.0 Å². The highest BCUT2D eigenvalue weighted by molar-refractivity contribution is 5.89. The average molecular weight is 301 g/mol. The van der Waals surface area contributed by atoms with E-state index < -0.39 is 0 Å². The molecule has 0 aliphatic carbocycles. The van der Waals surface area contributed by atoms with Crippen LogP contribution in [-0.2, 0) is 11.2 Å². The van der Waals surface area contributed by atoms with Crippen LogP contribution in [0.25, 0.3) is 10.9 Å². The number of aliphatic hydroxyl groups is 1. The monoisotopic (exact) mass is 301 g/mol. The summed E-state index contributed by atoms with van der Waals surface area (Å²) in [5, 5.41) is 10.1. The minimum atomic E-state index is 0.183. The van der Waals surface area contributed by atoms with E-state index in [0.717, 1.165) is 42.6 Å². The summed E-state index contributed by atoms with van der Waals surface area (Å²) in [5.74, 6) is 0.185. The summed E-state index contributed by atoms with van der Waals surface area (Å²) in [6.07, 6.45) is 2.40. The van der Waals surface area contributed by atoms with E-state index in [0.29, 0.717) is 13.0 Å². The fourth-order valence-corrected chi connectivity index (χ4v) is 3.08. The van der Waals surface area contributed by atoms with E-state index in [2.05, 4.69) is 35.0 Å². The number of nitrogens with one attached hydrogen (secondary N) is 1. The Morgan fingerprint density at radius 3 is 2.77 bits per heavy atom. The zero-order valence-electron chi connectivity index (χ0n) is 13.0. The molecular weight excluding hydrogens is 278 g/mol. The number of aryl methyl sites for hydroxylation is 1. The number of fused-ring (bicyclic) bond motifs is 1. The van der Waals surface area contributed by atoms with Crippen molar-refractivity contribution in [1.29, 1.82) is 0 Å². The van der Waals surface area contributed by atoms with Crippen LogP contribution in [0.2, 0.25) is 0 Å². The summed E-state index contributed by atoms with van der Waals surface area (Å²) in [4.78, 5) is 19.9. The lowest BCUT2D eigenvalue weighted by atomic mass is 10.1. The molecule has 5 nitrogen and oxygen atoms in total. The SMILES string of the molecule is Cc1ccc2c(CC(=O)N3CCN(CCO)CC3)c[nH]c2c1. The van der Waals surface area contributed by atoms with E-state index >= 15 is 0 Å². The maximum atomic E-state index is 12.5. The molecule has 1 amide bonds. The number of H-pyrrole nitrogens is 1. The van der Waals surface area contributed by atoms with Crippen LogP contribution >= 0.6 is 0 Å². The van der Waals surface area contributed by atoms with Gasteiger partial charge in [-0.2, -0.15) is 0 Å². The fraction of sp³-hybridized carbons (Fsp3) is 0.471. The molecule has 1 saturated heterocycles. The summed E-state index contributed by atoms with van der Waals surface area (Å²) in [6.45, 7) is 6.14. The van der Waals surface area contributed by atoms with Crippen LogP contribution in [0.4, 0.5) is 0 Å². The van der Waals surface area contributed by atoms with Gasteiger partial charge in [-0.3, -0.25) is 9.69 Å². The number of piperazine rings is 1. The molecule has 1 aromatic heterocycles. The Labute approximate surface area is 130 Å². The third kappa shape index (κ3) is 3.15. The highest BCUT2D eigenvalue weighted by Gasteiger charge is 2.21. The van der Waals surface area contributed by atoms with Gasteiger partial charge in [-0.25, -0.2) is 0 Å². The van der Waals surface area contributed by atoms with Gasteiger partial charge in [0.25, 0.3) is 0 Å². The lowest BCUT2D eigenvalue weighted by Gasteiger charge is -2.34. The quantitative estimate of drug-likeness (QED) is 0.891. The second-order valence-electron chi connectivity index (χ2n) is 5.99. The summed E-state index contributed by atoms with van der Waals surface area (Å²) < 4.78 is 0. The normalized spacial score (nSPS) is 16.4. The molecule has 1 aromatic carbocycles. The van der Waals surface area contributed by atoms with Crippen LogP contribution in [0.15, 0.2) is 24.4 Å². The topological polar surface area (TPSA) is 59.6 Å². The van der Waals surface area contributed by atoms with Gasteiger partial charge in [0, 0.05) is 49.8 Å². The van der Waals surface area contributed by atoms with Crippen molar-refractivity contribution in [2.75, 3.05) is 39.3 Å². The Balaban J connectivity index is 1.64. The van der Waals surface area contributed by atoms with Crippen molar-refractivity contribution in [3.8, 4) is 0 Å². The van der Waals surface area contributed by atoms with E-state index in [4.69, 9.17) is 5.11 Å². The van der Waals surface area contributed by atoms with E-state index in [1.165, 1.54) is 5.56 Å². The van der Waals surface area contributed by atoms with Crippen molar-refractivity contribution in [1.82, 2.24) is 14.8 Å². The van der Waals surface area contributed by atoms with Crippen LogP contribution in [0, 0.1) is 6.92 Å². The Hall–Kier alpha value is -1.85. The first-order valence-corrected chi connectivity index (χ1v) is 7.85. The molecule has 3 rings (SSSR count). The van der Waals surface area contributed by atoms with Crippen molar-refractivity contribution in [3.05, 3.63) is 35.5 Å². The molecule has 0 radical (unpaired) electrons. The van der Waals surface area contributed by atoms with Crippen molar-refractivity contribution in [3.63, 3.8) is 0 Å². The van der Waals surface area contributed by atoms with Gasteiger partial charge in [0.2, 0.25) is 5.91 Å². The number of aromatic nitrogens is 1. The molecule has 0 unspecified atom stereocenters. The lowest BCUT2D eigenvalue weighted by Crippen LogP contribution is -2.49. The van der Waals surface area contributed by atoms with Gasteiger partial charge in [0.05, 0.1) is 13.0 Å². The number of hydrogen-bond donors (Lipinski definition) is 2. The van der Waals surface area contributed by atoms with E-state index in [1.807, 2.05) is 11.1 Å². The van der Waals surface area contributed by atoms with E-state index in [-0.39, 0.29) is 12.5 Å². The zero-order valence-corrected chi connectivity index (χ0v) is 13.0. The predicted molar refractivity (Wildman–Crippen MR) is 86.8 cm³/mol. The molecule has 1 aliphatic heterocycles. The van der Waals surface area contributed by atoms with Crippen LogP contribution in [0.5, 0.6) is 0 Å². The molecular formula is C17H23N3O2. The van der Waals surface area contributed by atoms with Gasteiger partial charge >= 0.3 is 0 Å². The Morgan fingerprint density at radius 1 is 1.27 bits per heavy atom. The Bertz CT molecular complexity index is 657. The number of β-amino-alcohol motifs (C(OH)–C–C–N with tert-alkyl or cyclic N) is 1. The zero-order chi connectivity index (χ0) is 15.5. The smallest absolute Gasteiger partial charge is 0.227 e. The van der Waals surface area contributed by atoms with Gasteiger partial charge in [0.15, 0.2) is 0 Å². The first-order chi connectivity index (χ1) is 10.7. The second kappa shape index (κ2) is 6.50. The molecule has 0 spiro atoms. The molecule has 5 heteroatoms. The molecule has 0 atom stereocenters. The average Bonchev–Trinajstić information content (AvgIpc) is 2.90. The molecule has 2 N–H and O–H groups in total. The minimum Gasteiger partial charge on any atom is -0.395 e. The summed E-state index contributed by atoms with van der Waals surface area (Å²) >= 11 is 0. The first kappa shape index (κ1) is 15.1. The standard InChI is InChI=1S/C17H23N3O2/c1-13-2-3-15-14(12-18-16(15)10-13)11-17(22)20-6-4-19(5-7-20)8-9-21/h2-3,10,12,18,21H,4-9,11H2,1H3. The van der Waals surface area contributed by atoms with Crippen molar-refractivity contribution in [2.45, 2.75) is 13.3 Å². The van der Waals surface area contributed by atoms with Gasteiger partial charge in [-0.15, -0.1) is 0 Å². The second-order valence-corrected chi connectivity index (χ2v) is 5.99. The third-order valence-electron chi connectivity index (χ3n) is 4.41. The number of hydrogen-bond acceptors (Lipinski definition) is 3. The maximum Gasteiger partial charge on any atom is 0.227 e. The largest absolute Gasteiger partial charge is 0.395 e. The number of benzene rings is 1. The number of aromatic amines is 1. The predicted octanol–water partition coefficient (Wildman–Crippen LogP) is 1.16. The minimum absolute atomic E-state index is 0.183. The van der Waals surface area contributed by atoms with Crippen molar-refractivity contribution >= 4 is 16.8 Å². The third-order valence-corrected chi connectivity index (χ3v) is 4.41. The maximum absolute atomic E-state index is 12.5. The number of rotatable bonds is 4. The van der Waals surface area contributed by atoms with E-state index in [1.54, 1.807) is 0 Å². The van der Waals surface area contributed by atoms with Crippen molar-refractivity contribution in [2.24, 2.45) is 0 Å². The van der Waals surface area contributed by atoms with E-state index in [9.17, 15) is 4.79 Å². The summed E-state index contributed by atoms with van der Waals surface area (Å²) in [5.41, 5.74) is 3.38. The van der Waals surface area contributed by atoms with Crippen LogP contribution in [0.1, 0.15) is 11.1 Å². The molecule has 0 bridgehead atoms. The number of amides is 1. The van der Waals surface area contributed by atoms with Crippen LogP contribution in [0.3, 0.4) is 0 Å². The molecule has 118 valence electrons. The number of carbonyl (C=O) groups is 1. The molecule has 22 heavy (non-hydrogen) atoms. The van der Waals surface area contributed by atoms with Crippen molar-refractivity contribution < 1.29 is 9.90 Å². The van der Waals surface area contributed by atoms with Gasteiger partial charge in [-0.05, 0) is 24.1 Å². The number of nitrogens with zero attached hydrogens (tertiary/aromatic N) is 2. The Kier molecular flexibility index (Phi) is 4.45. The summed E-state index contributed by atoms with van der Waals surface area (Å²) in [7, 11) is 0. The lowest BCUT2D eigenvalue weighted by molar-refractivity contribution is -0.132. The highest BCUT2D eigenvalue weighted by atomic mass is 16.3. The van der Waals surface area contributed by atoms with Crippen LogP contribution < -0.4 is 0 Å². The molecule has 0 saturated carbocycles. The Morgan fingerprint density at radius 2 is 2.05 bits per heavy atom. The fourth-order valence-electron chi connectivity index (χ4n) is 3.08. The van der Waals surface area contributed by atoms with Gasteiger partial charge in [-0.1, -0.05) is 12.1 Å². The summed E-state index contributed by atoms with van der Waals surface area (Å²) in [6, 6.07) is 6.28. The highest BCUT2D eigenvalue weighted by Crippen LogP contribution is 2.20. The number of carbonyl (C=O) groups excluding carboxylic acids is 1. The van der Waals surface area contributed by atoms with Gasteiger partial charge in [0.1, 0.15) is 0 Å². The molecule has 1 aliphatic rings. The molecule has 2 heterocycles. The first-order valence-electron chi connectivity index (χ1n) is 7.85. The molecule has 1 fully saturated rings. The van der Waals surface area contributed by atoms with Crippen LogP contribution in [-0.4, -0.2) is 65.1 Å². The number of aliphatic hydroxyl groups excluding tert-OH is 1. The molecule has 2 aromatic rings.